The van der Waals surface area contributed by atoms with Crippen molar-refractivity contribution in [3.05, 3.63) is 34.3 Å². The molecule has 0 amide bonds. The minimum Gasteiger partial charge on any atom is -0.545 e. The number of aromatic carboxylic acids is 2. The van der Waals surface area contributed by atoms with Crippen LogP contribution in [-0.4, -0.2) is 17.0 Å². The zero-order valence-corrected chi connectivity index (χ0v) is 8.82. The van der Waals surface area contributed by atoms with E-state index >= 15 is 0 Å². The summed E-state index contributed by atoms with van der Waals surface area (Å²) in [4.78, 5) is 20.9. The molecule has 1 aromatic rings. The first kappa shape index (κ1) is 13.2. The zero-order valence-electron chi connectivity index (χ0n) is 6.58. The monoisotopic (exact) mass is 306 g/mol. The van der Waals surface area contributed by atoms with Gasteiger partial charge in [0, 0.05) is 10.6 Å². The van der Waals surface area contributed by atoms with E-state index in [1.165, 1.54) is 6.07 Å². The number of carboxylic acid groups (broad SMARTS) is 2. The molecule has 0 aliphatic heterocycles. The summed E-state index contributed by atoms with van der Waals surface area (Å²) in [6.07, 6.45) is 0. The Bertz CT molecular complexity index is 378. The van der Waals surface area contributed by atoms with Crippen LogP contribution in [0.2, 0.25) is 5.02 Å². The van der Waals surface area contributed by atoms with Crippen LogP contribution in [0.4, 0.5) is 0 Å². The number of benzene rings is 1. The van der Waals surface area contributed by atoms with Gasteiger partial charge in [-0.2, -0.15) is 0 Å². The summed E-state index contributed by atoms with van der Waals surface area (Å²) in [6, 6.07) is 3.47. The summed E-state index contributed by atoms with van der Waals surface area (Å²) in [5, 5.41) is 19.2. The van der Waals surface area contributed by atoms with E-state index in [1.54, 1.807) is 0 Å². The molecule has 1 N–H and O–H groups in total. The molecule has 0 radical (unpaired) electrons. The first-order valence-electron chi connectivity index (χ1n) is 3.26. The molecule has 1 aromatic carbocycles. The normalized spacial score (nSPS) is 8.93. The van der Waals surface area contributed by atoms with E-state index in [1.807, 2.05) is 0 Å². The van der Waals surface area contributed by atoms with Gasteiger partial charge in [-0.3, -0.25) is 0 Å². The molecule has 0 aliphatic carbocycles. The third-order valence-corrected chi connectivity index (χ3v) is 1.67. The molecule has 0 fully saturated rings. The van der Waals surface area contributed by atoms with Gasteiger partial charge in [0.2, 0.25) is 0 Å². The predicted molar refractivity (Wildman–Crippen MR) is 42.7 cm³/mol. The average molecular weight is 307 g/mol. The summed E-state index contributed by atoms with van der Waals surface area (Å²) < 4.78 is 0. The summed E-state index contributed by atoms with van der Waals surface area (Å²) >= 11 is 5.48. The topological polar surface area (TPSA) is 77.4 Å². The first-order chi connectivity index (χ1) is 6.02. The Morgan fingerprint density at radius 2 is 1.86 bits per heavy atom. The largest absolute Gasteiger partial charge is 1.00 e. The Balaban J connectivity index is 0.00000169. The second kappa shape index (κ2) is 5.17. The quantitative estimate of drug-likeness (QED) is 0.802. The first-order valence-corrected chi connectivity index (χ1v) is 3.64. The van der Waals surface area contributed by atoms with Gasteiger partial charge in [-0.1, -0.05) is 11.6 Å². The van der Waals surface area contributed by atoms with Crippen molar-refractivity contribution < 1.29 is 42.2 Å². The molecular weight excluding hydrogens is 303 g/mol. The van der Waals surface area contributed by atoms with Crippen LogP contribution in [-0.2, 0) is 22.4 Å². The van der Waals surface area contributed by atoms with Crippen molar-refractivity contribution in [1.29, 1.82) is 0 Å². The number of halogens is 1. The number of hydrogen-bond acceptors (Lipinski definition) is 3. The molecule has 0 bridgehead atoms. The Labute approximate surface area is 100 Å². The van der Waals surface area contributed by atoms with Crippen LogP contribution in [0.15, 0.2) is 18.2 Å². The van der Waals surface area contributed by atoms with Crippen LogP contribution in [0.1, 0.15) is 20.7 Å². The van der Waals surface area contributed by atoms with Crippen molar-refractivity contribution in [3.63, 3.8) is 0 Å². The smallest absolute Gasteiger partial charge is 0.545 e. The molecule has 6 heteroatoms. The zero-order chi connectivity index (χ0) is 10.0. The summed E-state index contributed by atoms with van der Waals surface area (Å²) in [7, 11) is 0. The van der Waals surface area contributed by atoms with Gasteiger partial charge in [0.25, 0.3) is 0 Å². The number of hydrogen-bond donors (Lipinski definition) is 1. The van der Waals surface area contributed by atoms with E-state index in [9.17, 15) is 14.7 Å². The maximum absolute atomic E-state index is 10.5. The molecule has 0 unspecified atom stereocenters. The van der Waals surface area contributed by atoms with Gasteiger partial charge in [0.1, 0.15) is 0 Å². The van der Waals surface area contributed by atoms with Crippen LogP contribution in [0.5, 0.6) is 0 Å². The number of rotatable bonds is 2. The van der Waals surface area contributed by atoms with Gasteiger partial charge in [0.05, 0.1) is 11.5 Å². The Morgan fingerprint density at radius 1 is 1.29 bits per heavy atom. The third kappa shape index (κ3) is 2.85. The molecule has 0 atom stereocenters. The van der Waals surface area contributed by atoms with Crippen molar-refractivity contribution >= 4 is 23.5 Å². The van der Waals surface area contributed by atoms with Gasteiger partial charge in [-0.05, 0) is 18.2 Å². The molecule has 0 aromatic heterocycles. The fourth-order valence-corrected chi connectivity index (χ4v) is 1.04. The molecule has 0 aliphatic rings. The Kier molecular flexibility index (Phi) is 4.87. The van der Waals surface area contributed by atoms with Crippen molar-refractivity contribution in [2.45, 2.75) is 0 Å². The van der Waals surface area contributed by atoms with Gasteiger partial charge in [0.15, 0.2) is 0 Å². The number of carbonyl (C=O) groups excluding carboxylic acids is 1. The van der Waals surface area contributed by atoms with Crippen molar-refractivity contribution in [3.8, 4) is 0 Å². The van der Waals surface area contributed by atoms with Crippen LogP contribution in [0, 0.1) is 0 Å². The number of carboxylic acids is 2. The molecule has 78 valence electrons. The molecule has 1 rings (SSSR count). The molecule has 0 heterocycles. The maximum Gasteiger partial charge on any atom is 1.00 e. The Morgan fingerprint density at radius 3 is 2.29 bits per heavy atom. The third-order valence-electron chi connectivity index (χ3n) is 1.43. The minimum atomic E-state index is -1.56. The van der Waals surface area contributed by atoms with Crippen molar-refractivity contribution in [2.75, 3.05) is 0 Å². The molecule has 14 heavy (non-hydrogen) atoms. The van der Waals surface area contributed by atoms with E-state index in [0.717, 1.165) is 12.1 Å². The van der Waals surface area contributed by atoms with Gasteiger partial charge in [-0.25, -0.2) is 4.79 Å². The van der Waals surface area contributed by atoms with Gasteiger partial charge < -0.3 is 15.0 Å². The average Bonchev–Trinajstić information content (AvgIpc) is 2.03. The van der Waals surface area contributed by atoms with Crippen LogP contribution >= 0.6 is 11.6 Å². The number of carbonyl (C=O) groups is 2. The summed E-state index contributed by atoms with van der Waals surface area (Å²) in [5.74, 6) is -2.88. The maximum atomic E-state index is 10.5. The predicted octanol–water partition coefficient (Wildman–Crippen LogP) is 0.399. The van der Waals surface area contributed by atoms with Gasteiger partial charge in [-0.15, -0.1) is 0 Å². The second-order valence-corrected chi connectivity index (χ2v) is 2.72. The summed E-state index contributed by atoms with van der Waals surface area (Å²) in [6.45, 7) is 0. The SMILES string of the molecule is O=C([O-])c1cc(Cl)ccc1C(=O)O.[Ag+]. The van der Waals surface area contributed by atoms with E-state index in [0.29, 0.717) is 0 Å². The van der Waals surface area contributed by atoms with Crippen molar-refractivity contribution in [1.82, 2.24) is 0 Å². The van der Waals surface area contributed by atoms with Gasteiger partial charge >= 0.3 is 28.3 Å². The van der Waals surface area contributed by atoms with Crippen molar-refractivity contribution in [2.24, 2.45) is 0 Å². The molecule has 0 saturated heterocycles. The fraction of sp³-hybridized carbons (Fsp3) is 0. The standard InChI is InChI=1S/C8H5ClO4.Ag/c9-4-1-2-5(7(10)11)6(3-4)8(12)13;/h1-3H,(H,10,11)(H,12,13);/q;+1/p-1. The fourth-order valence-electron chi connectivity index (χ4n) is 0.872. The molecule has 0 spiro atoms. The van der Waals surface area contributed by atoms with Crippen LogP contribution in [0.3, 0.4) is 0 Å². The molecular formula is C8H4AgClO4. The van der Waals surface area contributed by atoms with E-state index in [4.69, 9.17) is 16.7 Å². The van der Waals surface area contributed by atoms with E-state index < -0.39 is 17.5 Å². The molecule has 4 nitrogen and oxygen atoms in total. The summed E-state index contributed by atoms with van der Waals surface area (Å²) in [5.41, 5.74) is -0.746. The van der Waals surface area contributed by atoms with Crippen LogP contribution in [0.25, 0.3) is 0 Å². The Hall–Kier alpha value is -0.810. The van der Waals surface area contributed by atoms with E-state index in [2.05, 4.69) is 0 Å². The minimum absolute atomic E-state index is 0. The van der Waals surface area contributed by atoms with E-state index in [-0.39, 0.29) is 33.0 Å². The molecule has 0 saturated carbocycles. The second-order valence-electron chi connectivity index (χ2n) is 2.28. The van der Waals surface area contributed by atoms with Crippen LogP contribution < -0.4 is 5.11 Å².